The molecule has 138 valence electrons. The number of imidazole rings is 1. The van der Waals surface area contributed by atoms with Gasteiger partial charge in [-0.1, -0.05) is 0 Å². The van der Waals surface area contributed by atoms with Crippen LogP contribution in [-0.2, 0) is 11.3 Å². The van der Waals surface area contributed by atoms with Crippen LogP contribution >= 0.6 is 0 Å². The summed E-state index contributed by atoms with van der Waals surface area (Å²) in [6.07, 6.45) is 3.51. The van der Waals surface area contributed by atoms with E-state index in [1.165, 1.54) is 15.9 Å². The van der Waals surface area contributed by atoms with E-state index in [1.54, 1.807) is 6.20 Å². The maximum Gasteiger partial charge on any atom is 0.325 e. The first-order valence-corrected chi connectivity index (χ1v) is 8.21. The second kappa shape index (κ2) is 7.51. The van der Waals surface area contributed by atoms with Gasteiger partial charge in [-0.2, -0.15) is 0 Å². The quantitative estimate of drug-likeness (QED) is 0.846. The number of amides is 3. The molecule has 1 fully saturated rings. The Hall–Kier alpha value is -2.97. The summed E-state index contributed by atoms with van der Waals surface area (Å²) in [5.41, 5.74) is 0.271. The Morgan fingerprint density at radius 1 is 1.27 bits per heavy atom. The van der Waals surface area contributed by atoms with Gasteiger partial charge in [-0.25, -0.2) is 18.6 Å². The molecule has 9 heteroatoms. The monoisotopic (exact) mass is 363 g/mol. The average Bonchev–Trinajstić information content (AvgIpc) is 3.17. The summed E-state index contributed by atoms with van der Waals surface area (Å²) in [7, 11) is 0. The number of aryl methyl sites for hydroxylation is 1. The van der Waals surface area contributed by atoms with Crippen molar-refractivity contribution in [2.75, 3.05) is 31.1 Å². The topological polar surface area (TPSA) is 70.5 Å². The average molecular weight is 363 g/mol. The fraction of sp³-hybridized carbons (Fsp3) is 0.353. The van der Waals surface area contributed by atoms with Gasteiger partial charge < -0.3 is 14.8 Å². The first kappa shape index (κ1) is 17.8. The van der Waals surface area contributed by atoms with Crippen molar-refractivity contribution in [2.45, 2.75) is 13.5 Å². The molecule has 0 unspecified atom stereocenters. The van der Waals surface area contributed by atoms with Gasteiger partial charge in [0.05, 0.1) is 0 Å². The van der Waals surface area contributed by atoms with Crippen molar-refractivity contribution < 1.29 is 18.4 Å². The van der Waals surface area contributed by atoms with Crippen molar-refractivity contribution in [2.24, 2.45) is 0 Å². The van der Waals surface area contributed by atoms with Gasteiger partial charge in [0.25, 0.3) is 0 Å². The number of anilines is 1. The van der Waals surface area contributed by atoms with Crippen molar-refractivity contribution in [3.63, 3.8) is 0 Å². The molecule has 1 aliphatic heterocycles. The van der Waals surface area contributed by atoms with Crippen LogP contribution in [0.4, 0.5) is 19.3 Å². The molecular weight excluding hydrogens is 344 g/mol. The van der Waals surface area contributed by atoms with Gasteiger partial charge in [0.2, 0.25) is 5.91 Å². The van der Waals surface area contributed by atoms with Gasteiger partial charge in [0.1, 0.15) is 12.4 Å². The molecule has 0 spiro atoms. The predicted octanol–water partition coefficient (Wildman–Crippen LogP) is 1.53. The van der Waals surface area contributed by atoms with Crippen LogP contribution in [-0.4, -0.2) is 52.6 Å². The fourth-order valence-corrected chi connectivity index (χ4v) is 2.81. The molecule has 0 saturated carbocycles. The highest BCUT2D eigenvalue weighted by Gasteiger charge is 2.31. The zero-order valence-corrected chi connectivity index (χ0v) is 14.3. The number of hydrogen-bond donors (Lipinski definition) is 1. The molecule has 3 amide bonds. The second-order valence-corrected chi connectivity index (χ2v) is 5.97. The van der Waals surface area contributed by atoms with Crippen molar-refractivity contribution in [3.8, 4) is 0 Å². The molecule has 0 bridgehead atoms. The van der Waals surface area contributed by atoms with Crippen molar-refractivity contribution in [1.29, 1.82) is 0 Å². The summed E-state index contributed by atoms with van der Waals surface area (Å²) < 4.78 is 28.3. The van der Waals surface area contributed by atoms with E-state index in [-0.39, 0.29) is 18.1 Å². The van der Waals surface area contributed by atoms with E-state index in [1.807, 2.05) is 17.7 Å². The van der Waals surface area contributed by atoms with E-state index in [0.717, 1.165) is 18.0 Å². The van der Waals surface area contributed by atoms with E-state index < -0.39 is 17.7 Å². The molecule has 1 N–H and O–H groups in total. The predicted molar refractivity (Wildman–Crippen MR) is 90.6 cm³/mol. The van der Waals surface area contributed by atoms with Crippen molar-refractivity contribution in [3.05, 3.63) is 48.1 Å². The third kappa shape index (κ3) is 3.81. The summed E-state index contributed by atoms with van der Waals surface area (Å²) in [4.78, 5) is 31.2. The Bertz CT molecular complexity index is 823. The van der Waals surface area contributed by atoms with Gasteiger partial charge in [-0.05, 0) is 19.1 Å². The Labute approximate surface area is 149 Å². The zero-order valence-electron chi connectivity index (χ0n) is 14.3. The van der Waals surface area contributed by atoms with Gasteiger partial charge in [-0.15, -0.1) is 0 Å². The molecule has 7 nitrogen and oxygen atoms in total. The Morgan fingerprint density at radius 2 is 2.08 bits per heavy atom. The van der Waals surface area contributed by atoms with Crippen LogP contribution in [0.3, 0.4) is 0 Å². The fourth-order valence-electron chi connectivity index (χ4n) is 2.81. The molecule has 3 rings (SSSR count). The van der Waals surface area contributed by atoms with Crippen LogP contribution in [0.15, 0.2) is 30.6 Å². The lowest BCUT2D eigenvalue weighted by molar-refractivity contribution is -0.121. The second-order valence-electron chi connectivity index (χ2n) is 5.97. The third-order valence-corrected chi connectivity index (χ3v) is 4.24. The van der Waals surface area contributed by atoms with E-state index in [4.69, 9.17) is 0 Å². The highest BCUT2D eigenvalue weighted by atomic mass is 19.2. The molecular formula is C17H19F2N5O2. The minimum Gasteiger partial charge on any atom is -0.353 e. The molecule has 2 heterocycles. The van der Waals surface area contributed by atoms with Crippen LogP contribution in [0.5, 0.6) is 0 Å². The highest BCUT2D eigenvalue weighted by Crippen LogP contribution is 2.22. The third-order valence-electron chi connectivity index (χ3n) is 4.24. The summed E-state index contributed by atoms with van der Waals surface area (Å²) in [5, 5.41) is 2.76. The van der Waals surface area contributed by atoms with E-state index in [2.05, 4.69) is 10.3 Å². The lowest BCUT2D eigenvalue weighted by Crippen LogP contribution is -2.40. The number of aromatic nitrogens is 2. The SMILES string of the molecule is Cc1nccn1CCNC(=O)CN1CCN(c2ccc(F)c(F)c2)C1=O. The van der Waals surface area contributed by atoms with Gasteiger partial charge >= 0.3 is 6.03 Å². The summed E-state index contributed by atoms with van der Waals surface area (Å²) in [6.45, 7) is 3.45. The summed E-state index contributed by atoms with van der Waals surface area (Å²) in [5.74, 6) is -1.40. The first-order chi connectivity index (χ1) is 12.5. The number of hydrogen-bond acceptors (Lipinski definition) is 3. The first-order valence-electron chi connectivity index (χ1n) is 8.21. The Balaban J connectivity index is 1.51. The van der Waals surface area contributed by atoms with E-state index >= 15 is 0 Å². The normalized spacial score (nSPS) is 14.2. The molecule has 1 aromatic heterocycles. The summed E-state index contributed by atoms with van der Waals surface area (Å²) in [6, 6.07) is 2.89. The largest absolute Gasteiger partial charge is 0.353 e. The van der Waals surface area contributed by atoms with Crippen LogP contribution in [0.2, 0.25) is 0 Å². The standard InChI is InChI=1S/C17H19F2N5O2/c1-12-20-4-6-22(12)7-5-21-16(25)11-23-8-9-24(17(23)26)13-2-3-14(18)15(19)10-13/h2-4,6,10H,5,7-9,11H2,1H3,(H,21,25). The van der Waals surface area contributed by atoms with Crippen LogP contribution in [0.25, 0.3) is 0 Å². The molecule has 1 saturated heterocycles. The maximum absolute atomic E-state index is 13.4. The van der Waals surface area contributed by atoms with Gasteiger partial charge in [0, 0.05) is 50.3 Å². The smallest absolute Gasteiger partial charge is 0.325 e. The van der Waals surface area contributed by atoms with E-state index in [0.29, 0.717) is 26.2 Å². The minimum atomic E-state index is -1.01. The number of nitrogens with one attached hydrogen (secondary N) is 1. The molecule has 2 aromatic rings. The molecule has 0 aliphatic carbocycles. The minimum absolute atomic E-state index is 0.0814. The van der Waals surface area contributed by atoms with E-state index in [9.17, 15) is 18.4 Å². The molecule has 1 aromatic carbocycles. The number of carbonyl (C=O) groups excluding carboxylic acids is 2. The molecule has 26 heavy (non-hydrogen) atoms. The molecule has 1 aliphatic rings. The summed E-state index contributed by atoms with van der Waals surface area (Å²) >= 11 is 0. The molecule has 0 radical (unpaired) electrons. The number of halogens is 2. The van der Waals surface area contributed by atoms with Gasteiger partial charge in [-0.3, -0.25) is 9.69 Å². The zero-order chi connectivity index (χ0) is 18.7. The number of urea groups is 1. The van der Waals surface area contributed by atoms with Crippen molar-refractivity contribution >= 4 is 17.6 Å². The number of nitrogens with zero attached hydrogens (tertiary/aromatic N) is 4. The maximum atomic E-state index is 13.4. The lowest BCUT2D eigenvalue weighted by Gasteiger charge is -2.18. The number of benzene rings is 1. The Morgan fingerprint density at radius 3 is 2.77 bits per heavy atom. The van der Waals surface area contributed by atoms with Crippen LogP contribution in [0.1, 0.15) is 5.82 Å². The molecule has 0 atom stereocenters. The van der Waals surface area contributed by atoms with Crippen LogP contribution in [0, 0.1) is 18.6 Å². The highest BCUT2D eigenvalue weighted by molar-refractivity contribution is 5.96. The van der Waals surface area contributed by atoms with Crippen LogP contribution < -0.4 is 10.2 Å². The Kier molecular flexibility index (Phi) is 5.15. The van der Waals surface area contributed by atoms with Crippen molar-refractivity contribution in [1.82, 2.24) is 19.8 Å². The number of rotatable bonds is 6. The lowest BCUT2D eigenvalue weighted by atomic mass is 10.3. The number of carbonyl (C=O) groups is 2. The van der Waals surface area contributed by atoms with Gasteiger partial charge in [0.15, 0.2) is 11.6 Å².